The number of thiazole rings is 1. The van der Waals surface area contributed by atoms with Gasteiger partial charge in [0.15, 0.2) is 0 Å². The zero-order chi connectivity index (χ0) is 18.1. The van der Waals surface area contributed by atoms with Gasteiger partial charge in [0, 0.05) is 19.4 Å². The molecular formula is C18H15N5OS2. The van der Waals surface area contributed by atoms with Crippen LogP contribution in [-0.2, 0) is 7.05 Å². The maximum Gasteiger partial charge on any atom is 0.267 e. The highest BCUT2D eigenvalue weighted by Crippen LogP contribution is 2.32. The lowest BCUT2D eigenvalue weighted by molar-refractivity contribution is 0.103. The number of nitrogens with one attached hydrogen (secondary N) is 1. The van der Waals surface area contributed by atoms with Crippen molar-refractivity contribution in [2.24, 2.45) is 7.05 Å². The van der Waals surface area contributed by atoms with Crippen LogP contribution >= 0.6 is 22.7 Å². The summed E-state index contributed by atoms with van der Waals surface area (Å²) in [6, 6.07) is 9.59. The highest BCUT2D eigenvalue weighted by molar-refractivity contribution is 7.22. The van der Waals surface area contributed by atoms with Crippen LogP contribution in [0.5, 0.6) is 0 Å². The Labute approximate surface area is 158 Å². The van der Waals surface area contributed by atoms with Crippen molar-refractivity contribution in [2.75, 3.05) is 5.32 Å². The van der Waals surface area contributed by atoms with Crippen molar-refractivity contribution in [1.82, 2.24) is 19.7 Å². The summed E-state index contributed by atoms with van der Waals surface area (Å²) >= 11 is 3.01. The molecule has 0 spiro atoms. The zero-order valence-corrected chi connectivity index (χ0v) is 15.8. The van der Waals surface area contributed by atoms with E-state index in [-0.39, 0.29) is 5.91 Å². The average Bonchev–Trinajstić information content (AvgIpc) is 3.35. The minimum Gasteiger partial charge on any atom is -0.318 e. The molecule has 0 saturated heterocycles. The van der Waals surface area contributed by atoms with Crippen LogP contribution in [0.4, 0.5) is 5.69 Å². The van der Waals surface area contributed by atoms with E-state index in [1.165, 1.54) is 11.3 Å². The third kappa shape index (κ3) is 3.16. The molecule has 1 amide bonds. The fourth-order valence-corrected chi connectivity index (χ4v) is 4.32. The third-order valence-electron chi connectivity index (χ3n) is 3.72. The van der Waals surface area contributed by atoms with Crippen LogP contribution in [-0.4, -0.2) is 25.7 Å². The summed E-state index contributed by atoms with van der Waals surface area (Å²) in [5.41, 5.74) is 2.70. The lowest BCUT2D eigenvalue weighted by atomic mass is 10.2. The molecule has 130 valence electrons. The molecular weight excluding hydrogens is 366 g/mol. The molecule has 1 N–H and O–H groups in total. The molecule has 4 aromatic heterocycles. The molecule has 0 aromatic carbocycles. The SMILES string of the molecule is Cc1nc(-c2cccs2)sc1C(=O)Nc1cn(C)nc1-c1ccccn1. The van der Waals surface area contributed by atoms with Crippen molar-refractivity contribution in [2.45, 2.75) is 6.92 Å². The quantitative estimate of drug-likeness (QED) is 0.574. The number of hydrogen-bond acceptors (Lipinski definition) is 6. The first-order valence-electron chi connectivity index (χ1n) is 7.89. The van der Waals surface area contributed by atoms with Crippen molar-refractivity contribution in [3.05, 3.63) is 58.7 Å². The first-order valence-corrected chi connectivity index (χ1v) is 9.59. The Hall–Kier alpha value is -2.84. The van der Waals surface area contributed by atoms with Gasteiger partial charge in [-0.2, -0.15) is 5.10 Å². The second-order valence-corrected chi connectivity index (χ2v) is 7.59. The van der Waals surface area contributed by atoms with Gasteiger partial charge in [-0.05, 0) is 30.5 Å². The monoisotopic (exact) mass is 381 g/mol. The third-order valence-corrected chi connectivity index (χ3v) is 5.91. The molecule has 0 fully saturated rings. The molecule has 4 heterocycles. The van der Waals surface area contributed by atoms with Crippen molar-refractivity contribution < 1.29 is 4.79 Å². The molecule has 4 aromatic rings. The van der Waals surface area contributed by atoms with E-state index in [9.17, 15) is 4.79 Å². The van der Waals surface area contributed by atoms with Crippen molar-refractivity contribution in [3.8, 4) is 21.3 Å². The first-order chi connectivity index (χ1) is 12.6. The number of aryl methyl sites for hydroxylation is 2. The molecule has 0 aliphatic carbocycles. The molecule has 0 aliphatic heterocycles. The van der Waals surface area contributed by atoms with E-state index in [1.54, 1.807) is 28.4 Å². The summed E-state index contributed by atoms with van der Waals surface area (Å²) in [4.78, 5) is 23.3. The number of thiophene rings is 1. The lowest BCUT2D eigenvalue weighted by Gasteiger charge is -2.04. The summed E-state index contributed by atoms with van der Waals surface area (Å²) in [5.74, 6) is -0.187. The molecule has 6 nitrogen and oxygen atoms in total. The van der Waals surface area contributed by atoms with Crippen LogP contribution in [0, 0.1) is 6.92 Å². The smallest absolute Gasteiger partial charge is 0.267 e. The first kappa shape index (κ1) is 16.6. The van der Waals surface area contributed by atoms with Gasteiger partial charge < -0.3 is 5.32 Å². The molecule has 0 saturated carbocycles. The average molecular weight is 381 g/mol. The number of carbonyl (C=O) groups is 1. The highest BCUT2D eigenvalue weighted by atomic mass is 32.1. The Balaban J connectivity index is 1.64. The van der Waals surface area contributed by atoms with E-state index in [0.29, 0.717) is 22.0 Å². The van der Waals surface area contributed by atoms with Gasteiger partial charge in [0.1, 0.15) is 15.6 Å². The standard InChI is InChI=1S/C18H15N5OS2/c1-11-16(26-18(20-11)14-7-5-9-25-14)17(24)21-13-10-23(2)22-15(13)12-6-3-4-8-19-12/h3-10H,1-2H3,(H,21,24). The van der Waals surface area contributed by atoms with Crippen molar-refractivity contribution in [3.63, 3.8) is 0 Å². The van der Waals surface area contributed by atoms with Gasteiger partial charge in [-0.15, -0.1) is 22.7 Å². The Bertz CT molecular complexity index is 1050. The summed E-state index contributed by atoms with van der Waals surface area (Å²) in [6.45, 7) is 1.85. The van der Waals surface area contributed by atoms with Crippen LogP contribution in [0.2, 0.25) is 0 Å². The minimum atomic E-state index is -0.187. The second-order valence-electron chi connectivity index (χ2n) is 5.65. The topological polar surface area (TPSA) is 72.7 Å². The number of rotatable bonds is 4. The van der Waals surface area contributed by atoms with E-state index >= 15 is 0 Å². The predicted molar refractivity (Wildman–Crippen MR) is 105 cm³/mol. The van der Waals surface area contributed by atoms with Crippen LogP contribution in [0.25, 0.3) is 21.3 Å². The molecule has 0 bridgehead atoms. The minimum absolute atomic E-state index is 0.187. The zero-order valence-electron chi connectivity index (χ0n) is 14.1. The Kier molecular flexibility index (Phi) is 4.36. The summed E-state index contributed by atoms with van der Waals surface area (Å²) in [5, 5.41) is 10.2. The number of carbonyl (C=O) groups excluding carboxylic acids is 1. The maximum absolute atomic E-state index is 12.8. The van der Waals surface area contributed by atoms with Gasteiger partial charge in [0.05, 0.1) is 22.0 Å². The van der Waals surface area contributed by atoms with Crippen molar-refractivity contribution in [1.29, 1.82) is 0 Å². The van der Waals surface area contributed by atoms with Gasteiger partial charge in [-0.3, -0.25) is 14.5 Å². The van der Waals surface area contributed by atoms with E-state index in [2.05, 4.69) is 20.4 Å². The maximum atomic E-state index is 12.8. The fraction of sp³-hybridized carbons (Fsp3) is 0.111. The number of hydrogen-bond donors (Lipinski definition) is 1. The van der Waals surface area contributed by atoms with Gasteiger partial charge in [-0.25, -0.2) is 4.98 Å². The predicted octanol–water partition coefficient (Wildman–Crippen LogP) is 4.23. The molecule has 0 radical (unpaired) electrons. The molecule has 26 heavy (non-hydrogen) atoms. The fourth-order valence-electron chi connectivity index (χ4n) is 2.56. The number of pyridine rings is 1. The number of nitrogens with zero attached hydrogens (tertiary/aromatic N) is 4. The summed E-state index contributed by atoms with van der Waals surface area (Å²) in [6.07, 6.45) is 3.48. The lowest BCUT2D eigenvalue weighted by Crippen LogP contribution is -2.11. The van der Waals surface area contributed by atoms with Crippen LogP contribution in [0.15, 0.2) is 48.1 Å². The summed E-state index contributed by atoms with van der Waals surface area (Å²) in [7, 11) is 1.81. The normalized spacial score (nSPS) is 10.8. The van der Waals surface area contributed by atoms with E-state index in [0.717, 1.165) is 15.6 Å². The highest BCUT2D eigenvalue weighted by Gasteiger charge is 2.20. The van der Waals surface area contributed by atoms with E-state index < -0.39 is 0 Å². The van der Waals surface area contributed by atoms with Crippen LogP contribution < -0.4 is 5.32 Å². The molecule has 0 atom stereocenters. The van der Waals surface area contributed by atoms with Crippen molar-refractivity contribution >= 4 is 34.3 Å². The van der Waals surface area contributed by atoms with Crippen LogP contribution in [0.1, 0.15) is 15.4 Å². The van der Waals surface area contributed by atoms with Crippen LogP contribution in [0.3, 0.4) is 0 Å². The Morgan fingerprint density at radius 2 is 2.12 bits per heavy atom. The molecule has 4 rings (SSSR count). The van der Waals surface area contributed by atoms with Gasteiger partial charge in [0.25, 0.3) is 5.91 Å². The molecule has 8 heteroatoms. The number of aromatic nitrogens is 4. The molecule has 0 unspecified atom stereocenters. The number of amides is 1. The number of anilines is 1. The summed E-state index contributed by atoms with van der Waals surface area (Å²) < 4.78 is 1.66. The van der Waals surface area contributed by atoms with Gasteiger partial charge >= 0.3 is 0 Å². The second kappa shape index (κ2) is 6.81. The van der Waals surface area contributed by atoms with E-state index in [4.69, 9.17) is 0 Å². The van der Waals surface area contributed by atoms with E-state index in [1.807, 2.05) is 49.7 Å². The molecule has 0 aliphatic rings. The largest absolute Gasteiger partial charge is 0.318 e. The Morgan fingerprint density at radius 1 is 1.23 bits per heavy atom. The van der Waals surface area contributed by atoms with Gasteiger partial charge in [-0.1, -0.05) is 12.1 Å². The Morgan fingerprint density at radius 3 is 2.85 bits per heavy atom. The van der Waals surface area contributed by atoms with Gasteiger partial charge in [0.2, 0.25) is 0 Å².